The van der Waals surface area contributed by atoms with Crippen LogP contribution in [0.15, 0.2) is 24.3 Å². The van der Waals surface area contributed by atoms with E-state index in [1.165, 1.54) is 7.11 Å². The molecule has 2 atom stereocenters. The zero-order valence-electron chi connectivity index (χ0n) is 11.4. The number of morpholine rings is 1. The Kier molecular flexibility index (Phi) is 5.37. The highest BCUT2D eigenvalue weighted by Gasteiger charge is 2.29. The Bertz CT molecular complexity index is 469. The summed E-state index contributed by atoms with van der Waals surface area (Å²) in [6.45, 7) is 1.69. The fraction of sp³-hybridized carbons (Fsp3) is 0.500. The van der Waals surface area contributed by atoms with Crippen LogP contribution in [0.1, 0.15) is 11.7 Å². The van der Waals surface area contributed by atoms with Crippen molar-refractivity contribution >= 4 is 17.5 Å². The van der Waals surface area contributed by atoms with Crippen molar-refractivity contribution < 1.29 is 14.3 Å². The summed E-state index contributed by atoms with van der Waals surface area (Å²) < 4.78 is 10.6. The van der Waals surface area contributed by atoms with Gasteiger partial charge in [-0.3, -0.25) is 4.79 Å². The molecule has 20 heavy (non-hydrogen) atoms. The minimum Gasteiger partial charge on any atom is -0.383 e. The summed E-state index contributed by atoms with van der Waals surface area (Å²) in [4.78, 5) is 13.9. The lowest BCUT2D eigenvalue weighted by atomic mass is 10.1. The number of nitrogens with zero attached hydrogens (tertiary/aromatic N) is 1. The minimum absolute atomic E-state index is 0.118. The summed E-state index contributed by atoms with van der Waals surface area (Å²) in [5.41, 5.74) is 6.68. The second-order valence-electron chi connectivity index (χ2n) is 4.73. The molecule has 1 heterocycles. The molecular formula is C14H19ClN2O3. The molecule has 1 aliphatic rings. The average Bonchev–Trinajstić information content (AvgIpc) is 2.47. The van der Waals surface area contributed by atoms with Crippen LogP contribution in [0.5, 0.6) is 0 Å². The van der Waals surface area contributed by atoms with Crippen molar-refractivity contribution in [3.05, 3.63) is 34.9 Å². The Balaban J connectivity index is 2.05. The van der Waals surface area contributed by atoms with Gasteiger partial charge >= 0.3 is 0 Å². The molecule has 0 bridgehead atoms. The van der Waals surface area contributed by atoms with E-state index in [0.29, 0.717) is 24.7 Å². The van der Waals surface area contributed by atoms with Gasteiger partial charge in [-0.25, -0.2) is 0 Å². The smallest absolute Gasteiger partial charge is 0.242 e. The Hall–Kier alpha value is -1.14. The van der Waals surface area contributed by atoms with Gasteiger partial charge in [-0.1, -0.05) is 29.8 Å². The molecule has 1 amide bonds. The summed E-state index contributed by atoms with van der Waals surface area (Å²) in [5.74, 6) is -0.118. The van der Waals surface area contributed by atoms with Gasteiger partial charge in [0.15, 0.2) is 0 Å². The van der Waals surface area contributed by atoms with Crippen LogP contribution in [0, 0.1) is 0 Å². The third-order valence-corrected chi connectivity index (χ3v) is 3.64. The number of amides is 1. The van der Waals surface area contributed by atoms with E-state index in [-0.39, 0.29) is 18.6 Å². The Morgan fingerprint density at radius 3 is 3.05 bits per heavy atom. The third kappa shape index (κ3) is 3.49. The van der Waals surface area contributed by atoms with Gasteiger partial charge in [-0.2, -0.15) is 0 Å². The maximum absolute atomic E-state index is 12.2. The van der Waals surface area contributed by atoms with Crippen LogP contribution in [0.25, 0.3) is 0 Å². The van der Waals surface area contributed by atoms with Crippen LogP contribution in [-0.2, 0) is 14.3 Å². The summed E-state index contributed by atoms with van der Waals surface area (Å²) in [6.07, 6.45) is -0.212. The van der Waals surface area contributed by atoms with Crippen LogP contribution < -0.4 is 5.73 Å². The first kappa shape index (κ1) is 15.3. The molecular weight excluding hydrogens is 280 g/mol. The Labute approximate surface area is 123 Å². The highest BCUT2D eigenvalue weighted by atomic mass is 35.5. The molecule has 5 nitrogen and oxygen atoms in total. The lowest BCUT2D eigenvalue weighted by Crippen LogP contribution is -2.50. The largest absolute Gasteiger partial charge is 0.383 e. The number of ether oxygens (including phenoxy) is 2. The molecule has 0 radical (unpaired) electrons. The van der Waals surface area contributed by atoms with Crippen LogP contribution in [0.2, 0.25) is 5.02 Å². The van der Waals surface area contributed by atoms with Crippen LogP contribution in [0.3, 0.4) is 0 Å². The topological polar surface area (TPSA) is 64.8 Å². The quantitative estimate of drug-likeness (QED) is 0.907. The molecule has 0 saturated carbocycles. The van der Waals surface area contributed by atoms with Crippen molar-refractivity contribution in [2.24, 2.45) is 5.73 Å². The van der Waals surface area contributed by atoms with E-state index < -0.39 is 6.04 Å². The highest BCUT2D eigenvalue weighted by Crippen LogP contribution is 2.28. The molecule has 2 rings (SSSR count). The zero-order valence-corrected chi connectivity index (χ0v) is 12.2. The van der Waals surface area contributed by atoms with Crippen molar-refractivity contribution in [2.75, 3.05) is 33.4 Å². The zero-order chi connectivity index (χ0) is 14.5. The molecule has 110 valence electrons. The maximum atomic E-state index is 12.2. The number of carbonyl (C=O) groups is 1. The van der Waals surface area contributed by atoms with Crippen molar-refractivity contribution in [3.63, 3.8) is 0 Å². The van der Waals surface area contributed by atoms with Gasteiger partial charge in [0.25, 0.3) is 0 Å². The first-order valence-corrected chi connectivity index (χ1v) is 6.90. The van der Waals surface area contributed by atoms with E-state index in [0.717, 1.165) is 5.56 Å². The number of methoxy groups -OCH3 is 1. The first-order valence-electron chi connectivity index (χ1n) is 6.52. The lowest BCUT2D eigenvalue weighted by molar-refractivity contribution is -0.141. The van der Waals surface area contributed by atoms with Crippen molar-refractivity contribution in [1.82, 2.24) is 4.90 Å². The van der Waals surface area contributed by atoms with Gasteiger partial charge in [-0.15, -0.1) is 0 Å². The molecule has 1 fully saturated rings. The van der Waals surface area contributed by atoms with E-state index in [1.54, 1.807) is 4.90 Å². The monoisotopic (exact) mass is 298 g/mol. The highest BCUT2D eigenvalue weighted by molar-refractivity contribution is 6.31. The number of hydrogen-bond acceptors (Lipinski definition) is 4. The summed E-state index contributed by atoms with van der Waals surface area (Å²) in [6, 6.07) is 6.87. The Morgan fingerprint density at radius 1 is 1.60 bits per heavy atom. The second kappa shape index (κ2) is 7.04. The lowest BCUT2D eigenvalue weighted by Gasteiger charge is -2.34. The standard InChI is InChI=1S/C14H19ClN2O3/c1-19-9-12(16)14(18)17-6-7-20-13(8-17)10-4-2-3-5-11(10)15/h2-5,12-13H,6-9,16H2,1H3. The predicted molar refractivity (Wildman–Crippen MR) is 76.6 cm³/mol. The van der Waals surface area contributed by atoms with Gasteiger partial charge in [0, 0.05) is 24.2 Å². The molecule has 2 unspecified atom stereocenters. The molecule has 6 heteroatoms. The third-order valence-electron chi connectivity index (χ3n) is 3.29. The molecule has 1 aromatic rings. The van der Waals surface area contributed by atoms with Crippen LogP contribution in [-0.4, -0.2) is 50.3 Å². The minimum atomic E-state index is -0.634. The van der Waals surface area contributed by atoms with Crippen LogP contribution in [0.4, 0.5) is 0 Å². The summed E-state index contributed by atoms with van der Waals surface area (Å²) in [7, 11) is 1.53. The van der Waals surface area contributed by atoms with Gasteiger partial charge in [-0.05, 0) is 6.07 Å². The van der Waals surface area contributed by atoms with Gasteiger partial charge in [0.1, 0.15) is 12.1 Å². The van der Waals surface area contributed by atoms with Crippen molar-refractivity contribution in [1.29, 1.82) is 0 Å². The number of hydrogen-bond donors (Lipinski definition) is 1. The van der Waals surface area contributed by atoms with Crippen molar-refractivity contribution in [3.8, 4) is 0 Å². The van der Waals surface area contributed by atoms with Gasteiger partial charge in [0.2, 0.25) is 5.91 Å². The molecule has 1 aliphatic heterocycles. The SMILES string of the molecule is COCC(N)C(=O)N1CCOC(c2ccccc2Cl)C1. The molecule has 1 aromatic carbocycles. The number of carbonyl (C=O) groups excluding carboxylic acids is 1. The number of benzene rings is 1. The first-order chi connectivity index (χ1) is 9.63. The average molecular weight is 299 g/mol. The number of halogens is 1. The molecule has 0 aliphatic carbocycles. The van der Waals surface area contributed by atoms with Crippen LogP contribution >= 0.6 is 11.6 Å². The number of rotatable bonds is 4. The fourth-order valence-corrected chi connectivity index (χ4v) is 2.52. The normalized spacial score (nSPS) is 20.8. The number of nitrogens with two attached hydrogens (primary N) is 1. The van der Waals surface area contributed by atoms with E-state index in [4.69, 9.17) is 26.8 Å². The van der Waals surface area contributed by atoms with E-state index in [2.05, 4.69) is 0 Å². The van der Waals surface area contributed by atoms with Gasteiger partial charge in [0.05, 0.1) is 19.8 Å². The van der Waals surface area contributed by atoms with E-state index >= 15 is 0 Å². The predicted octanol–water partition coefficient (Wildman–Crippen LogP) is 1.21. The van der Waals surface area contributed by atoms with E-state index in [1.807, 2.05) is 24.3 Å². The van der Waals surface area contributed by atoms with Crippen molar-refractivity contribution in [2.45, 2.75) is 12.1 Å². The fourth-order valence-electron chi connectivity index (χ4n) is 2.26. The maximum Gasteiger partial charge on any atom is 0.242 e. The molecule has 0 spiro atoms. The molecule has 1 saturated heterocycles. The summed E-state index contributed by atoms with van der Waals surface area (Å²) >= 11 is 6.17. The van der Waals surface area contributed by atoms with Gasteiger partial charge < -0.3 is 20.1 Å². The molecule has 2 N–H and O–H groups in total. The summed E-state index contributed by atoms with van der Waals surface area (Å²) in [5, 5.41) is 0.646. The Morgan fingerprint density at radius 2 is 2.35 bits per heavy atom. The van der Waals surface area contributed by atoms with E-state index in [9.17, 15) is 4.79 Å². The molecule has 0 aromatic heterocycles. The second-order valence-corrected chi connectivity index (χ2v) is 5.13.